The highest BCUT2D eigenvalue weighted by atomic mass is 16.5. The highest BCUT2D eigenvalue weighted by Crippen LogP contribution is 2.04. The summed E-state index contributed by atoms with van der Waals surface area (Å²) >= 11 is 0. The molecule has 0 saturated carbocycles. The van der Waals surface area contributed by atoms with E-state index in [2.05, 4.69) is 32.4 Å². The van der Waals surface area contributed by atoms with Crippen LogP contribution in [0.1, 0.15) is 34.1 Å². The van der Waals surface area contributed by atoms with E-state index in [0.29, 0.717) is 13.2 Å². The zero-order valence-electron chi connectivity index (χ0n) is 15.1. The third-order valence-electron chi connectivity index (χ3n) is 3.81. The first-order chi connectivity index (χ1) is 10.5. The maximum Gasteiger partial charge on any atom is 0.102 e. The summed E-state index contributed by atoms with van der Waals surface area (Å²) in [5.41, 5.74) is 0. The number of rotatable bonds is 13. The van der Waals surface area contributed by atoms with Gasteiger partial charge in [0.15, 0.2) is 0 Å². The van der Waals surface area contributed by atoms with Gasteiger partial charge in [0.25, 0.3) is 0 Å². The molecule has 22 heavy (non-hydrogen) atoms. The van der Waals surface area contributed by atoms with E-state index in [1.54, 1.807) is 7.11 Å². The molecule has 0 aliphatic carbocycles. The van der Waals surface area contributed by atoms with Crippen LogP contribution in [0.25, 0.3) is 0 Å². The lowest BCUT2D eigenvalue weighted by Crippen LogP contribution is -2.49. The number of aliphatic carboxylic acids is 1. The minimum absolute atomic E-state index is 0.0519. The van der Waals surface area contributed by atoms with E-state index in [4.69, 9.17) is 9.47 Å². The summed E-state index contributed by atoms with van der Waals surface area (Å²) in [4.78, 5) is 9.81. The Hall–Kier alpha value is -0.690. The van der Waals surface area contributed by atoms with Crippen molar-refractivity contribution in [3.8, 4) is 0 Å². The van der Waals surface area contributed by atoms with Crippen LogP contribution in [-0.4, -0.2) is 76.8 Å². The summed E-state index contributed by atoms with van der Waals surface area (Å²) < 4.78 is 16.1. The summed E-state index contributed by atoms with van der Waals surface area (Å²) in [5, 5.41) is 9.81. The van der Waals surface area contributed by atoms with Gasteiger partial charge in [-0.1, -0.05) is 0 Å². The number of carbonyl (C=O) groups is 1. The van der Waals surface area contributed by atoms with Crippen molar-refractivity contribution < 1.29 is 28.6 Å². The lowest BCUT2D eigenvalue weighted by atomic mass is 10.3. The van der Waals surface area contributed by atoms with E-state index in [1.165, 1.54) is 24.1 Å². The van der Waals surface area contributed by atoms with Gasteiger partial charge in [0.2, 0.25) is 0 Å². The average molecular weight is 321 g/mol. The summed E-state index contributed by atoms with van der Waals surface area (Å²) in [6.07, 6.45) is -0.0519. The smallest absolute Gasteiger partial charge is 0.102 e. The topological polar surface area (TPSA) is 67.8 Å². The summed E-state index contributed by atoms with van der Waals surface area (Å²) in [6.45, 7) is 16.6. The molecule has 0 aliphatic rings. The number of hydrogen-bond donors (Lipinski definition) is 0. The molecular formula is C16H35NO5. The van der Waals surface area contributed by atoms with Gasteiger partial charge in [-0.25, -0.2) is 0 Å². The fourth-order valence-electron chi connectivity index (χ4n) is 1.95. The number of likely N-dealkylation sites (N-methyl/N-ethyl adjacent to an activating group) is 1. The number of methoxy groups -OCH3 is 1. The Balaban J connectivity index is 0. The molecule has 0 radical (unpaired) electrons. The van der Waals surface area contributed by atoms with Gasteiger partial charge in [-0.15, -0.1) is 0 Å². The molecule has 0 aromatic carbocycles. The molecule has 0 aromatic rings. The summed E-state index contributed by atoms with van der Waals surface area (Å²) in [5.74, 6) is -1.09. The van der Waals surface area contributed by atoms with Crippen LogP contribution < -0.4 is 5.11 Å². The second kappa shape index (κ2) is 16.7. The molecule has 0 rings (SSSR count). The Morgan fingerprint density at radius 3 is 1.91 bits per heavy atom. The Kier molecular flexibility index (Phi) is 17.9. The predicted octanol–water partition coefficient (Wildman–Crippen LogP) is 0.689. The molecule has 0 N–H and O–H groups in total. The zero-order valence-corrected chi connectivity index (χ0v) is 15.1. The Morgan fingerprint density at radius 2 is 1.50 bits per heavy atom. The van der Waals surface area contributed by atoms with Gasteiger partial charge in [0.05, 0.1) is 46.1 Å². The highest BCUT2D eigenvalue weighted by Gasteiger charge is 2.19. The molecule has 134 valence electrons. The predicted molar refractivity (Wildman–Crippen MR) is 85.6 cm³/mol. The van der Waals surface area contributed by atoms with Crippen molar-refractivity contribution >= 4 is 5.97 Å². The van der Waals surface area contributed by atoms with E-state index < -0.39 is 5.97 Å². The number of hydrogen-bond acceptors (Lipinski definition) is 5. The minimum atomic E-state index is -1.09. The molecule has 0 amide bonds. The molecule has 0 atom stereocenters. The Labute approximate surface area is 135 Å². The lowest BCUT2D eigenvalue weighted by molar-refractivity contribution is -0.923. The standard InChI is InChI=1S/C10H24NO.C6H12O4/c1-5-11(6-2,7-3)9-10-12-8-4;1-9-4-5-10-3-2-6(7)8/h5-10H2,1-4H3;2-5H2,1H3,(H,7,8)/q+1;/p-1. The van der Waals surface area contributed by atoms with E-state index in [-0.39, 0.29) is 13.0 Å². The van der Waals surface area contributed by atoms with E-state index >= 15 is 0 Å². The monoisotopic (exact) mass is 321 g/mol. The van der Waals surface area contributed by atoms with Crippen molar-refractivity contribution in [3.05, 3.63) is 0 Å². The number of carbonyl (C=O) groups excluding carboxylic acids is 1. The molecular weight excluding hydrogens is 286 g/mol. The molecule has 0 aromatic heterocycles. The fourth-order valence-corrected chi connectivity index (χ4v) is 1.95. The van der Waals surface area contributed by atoms with Gasteiger partial charge >= 0.3 is 0 Å². The van der Waals surface area contributed by atoms with Crippen molar-refractivity contribution in [3.63, 3.8) is 0 Å². The van der Waals surface area contributed by atoms with Crippen LogP contribution in [-0.2, 0) is 19.0 Å². The van der Waals surface area contributed by atoms with Crippen molar-refractivity contribution in [2.45, 2.75) is 34.1 Å². The summed E-state index contributed by atoms with van der Waals surface area (Å²) in [7, 11) is 1.56. The summed E-state index contributed by atoms with van der Waals surface area (Å²) in [6, 6.07) is 0. The van der Waals surface area contributed by atoms with Crippen molar-refractivity contribution in [1.29, 1.82) is 0 Å². The van der Waals surface area contributed by atoms with Gasteiger partial charge in [-0.05, 0) is 27.7 Å². The van der Waals surface area contributed by atoms with Crippen LogP contribution >= 0.6 is 0 Å². The van der Waals surface area contributed by atoms with Crippen LogP contribution in [0.2, 0.25) is 0 Å². The second-order valence-corrected chi connectivity index (χ2v) is 4.94. The molecule has 0 bridgehead atoms. The average Bonchev–Trinajstić information content (AvgIpc) is 2.52. The van der Waals surface area contributed by atoms with Crippen LogP contribution in [0.5, 0.6) is 0 Å². The van der Waals surface area contributed by atoms with Gasteiger partial charge in [0, 0.05) is 26.1 Å². The first kappa shape index (κ1) is 23.6. The van der Waals surface area contributed by atoms with Gasteiger partial charge < -0.3 is 28.6 Å². The third kappa shape index (κ3) is 14.3. The van der Waals surface area contributed by atoms with Gasteiger partial charge in [-0.3, -0.25) is 0 Å². The number of carboxylic acid groups (broad SMARTS) is 1. The number of nitrogens with zero attached hydrogens (tertiary/aromatic N) is 1. The van der Waals surface area contributed by atoms with Crippen molar-refractivity contribution in [2.75, 3.05) is 66.3 Å². The number of ether oxygens (including phenoxy) is 3. The highest BCUT2D eigenvalue weighted by molar-refractivity contribution is 5.64. The first-order valence-corrected chi connectivity index (χ1v) is 8.21. The molecule has 6 nitrogen and oxygen atoms in total. The van der Waals surface area contributed by atoms with Gasteiger partial charge in [-0.2, -0.15) is 0 Å². The lowest BCUT2D eigenvalue weighted by Gasteiger charge is -2.35. The quantitative estimate of drug-likeness (QED) is 0.369. The molecule has 0 heterocycles. The zero-order chi connectivity index (χ0) is 17.3. The Bertz CT molecular complexity index is 236. The maximum atomic E-state index is 9.81. The minimum Gasteiger partial charge on any atom is -0.550 e. The number of carboxylic acids is 1. The van der Waals surface area contributed by atoms with Crippen LogP contribution in [0.15, 0.2) is 0 Å². The first-order valence-electron chi connectivity index (χ1n) is 8.21. The van der Waals surface area contributed by atoms with Crippen LogP contribution in [0, 0.1) is 0 Å². The largest absolute Gasteiger partial charge is 0.550 e. The molecule has 0 aliphatic heterocycles. The molecule has 0 spiro atoms. The van der Waals surface area contributed by atoms with Crippen LogP contribution in [0.4, 0.5) is 0 Å². The van der Waals surface area contributed by atoms with Crippen LogP contribution in [0.3, 0.4) is 0 Å². The fraction of sp³-hybridized carbons (Fsp3) is 0.938. The number of quaternary nitrogens is 1. The molecule has 6 heteroatoms. The normalized spacial score (nSPS) is 11.0. The van der Waals surface area contributed by atoms with E-state index in [0.717, 1.165) is 19.8 Å². The SMILES string of the molecule is CCOCC[N+](CC)(CC)CC.COCCOCCC(=O)[O-]. The Morgan fingerprint density at radius 1 is 0.909 bits per heavy atom. The molecule has 0 saturated heterocycles. The van der Waals surface area contributed by atoms with Gasteiger partial charge in [0.1, 0.15) is 6.54 Å². The van der Waals surface area contributed by atoms with Crippen molar-refractivity contribution in [2.24, 2.45) is 0 Å². The maximum absolute atomic E-state index is 9.81. The van der Waals surface area contributed by atoms with E-state index in [9.17, 15) is 9.90 Å². The van der Waals surface area contributed by atoms with E-state index in [1.807, 2.05) is 0 Å². The molecule has 0 fully saturated rings. The third-order valence-corrected chi connectivity index (χ3v) is 3.81. The second-order valence-electron chi connectivity index (χ2n) is 4.94. The van der Waals surface area contributed by atoms with Crippen molar-refractivity contribution in [1.82, 2.24) is 0 Å². The molecule has 0 unspecified atom stereocenters.